The van der Waals surface area contributed by atoms with E-state index in [1.54, 1.807) is 0 Å². The van der Waals surface area contributed by atoms with Gasteiger partial charge < -0.3 is 5.32 Å². The molecule has 0 amide bonds. The Morgan fingerprint density at radius 1 is 1.44 bits per heavy atom. The van der Waals surface area contributed by atoms with Crippen LogP contribution in [0.25, 0.3) is 0 Å². The van der Waals surface area contributed by atoms with Crippen LogP contribution in [0, 0.1) is 12.8 Å². The van der Waals surface area contributed by atoms with E-state index in [0.29, 0.717) is 0 Å². The van der Waals surface area contributed by atoms with E-state index >= 15 is 0 Å². The van der Waals surface area contributed by atoms with Crippen molar-refractivity contribution in [2.24, 2.45) is 5.92 Å². The molecule has 16 heavy (non-hydrogen) atoms. The Morgan fingerprint density at radius 3 is 2.94 bits per heavy atom. The predicted octanol–water partition coefficient (Wildman–Crippen LogP) is 2.36. The molecule has 0 aliphatic heterocycles. The summed E-state index contributed by atoms with van der Waals surface area (Å²) >= 11 is 0. The largest absolute Gasteiger partial charge is 0.316 e. The van der Waals surface area contributed by atoms with Gasteiger partial charge in [-0.1, -0.05) is 12.8 Å². The number of hydrogen-bond donors (Lipinski definition) is 1. The SMILES string of the molecule is Cc1cnn(CCCNCC2CCCC2)c1. The Morgan fingerprint density at radius 2 is 2.25 bits per heavy atom. The molecule has 1 fully saturated rings. The lowest BCUT2D eigenvalue weighted by Crippen LogP contribution is -2.23. The van der Waals surface area contributed by atoms with Crippen molar-refractivity contribution in [1.82, 2.24) is 15.1 Å². The summed E-state index contributed by atoms with van der Waals surface area (Å²) in [7, 11) is 0. The smallest absolute Gasteiger partial charge is 0.0518 e. The first kappa shape index (κ1) is 11.6. The van der Waals surface area contributed by atoms with Crippen LogP contribution in [-0.2, 0) is 6.54 Å². The van der Waals surface area contributed by atoms with Crippen molar-refractivity contribution >= 4 is 0 Å². The number of aryl methyl sites for hydroxylation is 2. The van der Waals surface area contributed by atoms with Gasteiger partial charge in [0.1, 0.15) is 0 Å². The van der Waals surface area contributed by atoms with Gasteiger partial charge in [-0.25, -0.2) is 0 Å². The van der Waals surface area contributed by atoms with Crippen molar-refractivity contribution in [3.8, 4) is 0 Å². The number of hydrogen-bond acceptors (Lipinski definition) is 2. The second-order valence-corrected chi connectivity index (χ2v) is 4.99. The van der Waals surface area contributed by atoms with Crippen LogP contribution in [-0.4, -0.2) is 22.9 Å². The molecular weight excluding hydrogens is 198 g/mol. The zero-order chi connectivity index (χ0) is 11.2. The molecule has 1 aliphatic rings. The molecule has 1 saturated carbocycles. The minimum atomic E-state index is 0.951. The van der Waals surface area contributed by atoms with Crippen molar-refractivity contribution < 1.29 is 0 Å². The van der Waals surface area contributed by atoms with Gasteiger partial charge in [-0.3, -0.25) is 4.68 Å². The standard InChI is InChI=1S/C13H23N3/c1-12-9-15-16(11-12)8-4-7-14-10-13-5-2-3-6-13/h9,11,13-14H,2-8,10H2,1H3. The Kier molecular flexibility index (Phi) is 4.40. The highest BCUT2D eigenvalue weighted by molar-refractivity contribution is 4.99. The van der Waals surface area contributed by atoms with Gasteiger partial charge in [-0.2, -0.15) is 5.10 Å². The molecule has 3 heteroatoms. The second kappa shape index (κ2) is 6.04. The van der Waals surface area contributed by atoms with Gasteiger partial charge in [0, 0.05) is 12.7 Å². The van der Waals surface area contributed by atoms with E-state index in [1.165, 1.54) is 44.2 Å². The van der Waals surface area contributed by atoms with Gasteiger partial charge in [-0.15, -0.1) is 0 Å². The third kappa shape index (κ3) is 3.63. The summed E-state index contributed by atoms with van der Waals surface area (Å²) in [6.45, 7) is 5.46. The minimum Gasteiger partial charge on any atom is -0.316 e. The van der Waals surface area contributed by atoms with Gasteiger partial charge in [0.2, 0.25) is 0 Å². The van der Waals surface area contributed by atoms with Gasteiger partial charge in [-0.05, 0) is 50.8 Å². The monoisotopic (exact) mass is 221 g/mol. The highest BCUT2D eigenvalue weighted by Crippen LogP contribution is 2.23. The summed E-state index contributed by atoms with van der Waals surface area (Å²) in [5.41, 5.74) is 1.25. The van der Waals surface area contributed by atoms with Crippen LogP contribution in [0.3, 0.4) is 0 Å². The zero-order valence-electron chi connectivity index (χ0n) is 10.3. The van der Waals surface area contributed by atoms with Crippen LogP contribution in [0.2, 0.25) is 0 Å². The number of aromatic nitrogens is 2. The van der Waals surface area contributed by atoms with Crippen LogP contribution >= 0.6 is 0 Å². The van der Waals surface area contributed by atoms with Crippen LogP contribution in [0.1, 0.15) is 37.7 Å². The van der Waals surface area contributed by atoms with E-state index in [9.17, 15) is 0 Å². The molecular formula is C13H23N3. The molecule has 1 aliphatic carbocycles. The summed E-state index contributed by atoms with van der Waals surface area (Å²) in [6.07, 6.45) is 11.0. The van der Waals surface area contributed by atoms with Crippen molar-refractivity contribution in [3.05, 3.63) is 18.0 Å². The third-order valence-corrected chi connectivity index (χ3v) is 3.41. The second-order valence-electron chi connectivity index (χ2n) is 4.99. The van der Waals surface area contributed by atoms with Crippen molar-refractivity contribution in [2.45, 2.75) is 45.6 Å². The molecule has 3 nitrogen and oxygen atoms in total. The molecule has 0 aromatic carbocycles. The number of nitrogens with one attached hydrogen (secondary N) is 1. The minimum absolute atomic E-state index is 0.951. The Hall–Kier alpha value is -0.830. The molecule has 0 radical (unpaired) electrons. The van der Waals surface area contributed by atoms with Crippen LogP contribution in [0.4, 0.5) is 0 Å². The maximum absolute atomic E-state index is 4.28. The molecule has 0 bridgehead atoms. The fraction of sp³-hybridized carbons (Fsp3) is 0.769. The third-order valence-electron chi connectivity index (χ3n) is 3.41. The normalized spacial score (nSPS) is 17.1. The fourth-order valence-corrected chi connectivity index (χ4v) is 2.48. The molecule has 2 rings (SSSR count). The summed E-state index contributed by atoms with van der Waals surface area (Å²) in [5.74, 6) is 0.951. The van der Waals surface area contributed by atoms with Gasteiger partial charge >= 0.3 is 0 Å². The topological polar surface area (TPSA) is 29.9 Å². The highest BCUT2D eigenvalue weighted by atomic mass is 15.3. The van der Waals surface area contributed by atoms with E-state index in [0.717, 1.165) is 19.0 Å². The maximum atomic E-state index is 4.28. The first-order valence-corrected chi connectivity index (χ1v) is 6.54. The molecule has 0 unspecified atom stereocenters. The van der Waals surface area contributed by atoms with Crippen LogP contribution < -0.4 is 5.32 Å². The number of nitrogens with zero attached hydrogens (tertiary/aromatic N) is 2. The van der Waals surface area contributed by atoms with Crippen molar-refractivity contribution in [1.29, 1.82) is 0 Å². The summed E-state index contributed by atoms with van der Waals surface area (Å²) in [6, 6.07) is 0. The van der Waals surface area contributed by atoms with E-state index in [1.807, 2.05) is 10.9 Å². The first-order chi connectivity index (χ1) is 7.84. The van der Waals surface area contributed by atoms with Crippen molar-refractivity contribution in [3.63, 3.8) is 0 Å². The summed E-state index contributed by atoms with van der Waals surface area (Å²) < 4.78 is 2.03. The lowest BCUT2D eigenvalue weighted by atomic mass is 10.1. The van der Waals surface area contributed by atoms with Gasteiger partial charge in [0.05, 0.1) is 6.20 Å². The van der Waals surface area contributed by atoms with E-state index < -0.39 is 0 Å². The van der Waals surface area contributed by atoms with Crippen LogP contribution in [0.5, 0.6) is 0 Å². The predicted molar refractivity (Wildman–Crippen MR) is 66.4 cm³/mol. The molecule has 1 aromatic rings. The number of rotatable bonds is 6. The lowest BCUT2D eigenvalue weighted by molar-refractivity contribution is 0.469. The Balaban J connectivity index is 1.51. The average molecular weight is 221 g/mol. The molecule has 0 atom stereocenters. The van der Waals surface area contributed by atoms with Crippen LogP contribution in [0.15, 0.2) is 12.4 Å². The quantitative estimate of drug-likeness (QED) is 0.747. The maximum Gasteiger partial charge on any atom is 0.0518 e. The lowest BCUT2D eigenvalue weighted by Gasteiger charge is -2.10. The van der Waals surface area contributed by atoms with Gasteiger partial charge in [0.15, 0.2) is 0 Å². The molecule has 0 saturated heterocycles. The van der Waals surface area contributed by atoms with Gasteiger partial charge in [0.25, 0.3) is 0 Å². The molecule has 1 aromatic heterocycles. The first-order valence-electron chi connectivity index (χ1n) is 6.54. The molecule has 1 N–H and O–H groups in total. The highest BCUT2D eigenvalue weighted by Gasteiger charge is 2.13. The van der Waals surface area contributed by atoms with E-state index in [-0.39, 0.29) is 0 Å². The molecule has 1 heterocycles. The fourth-order valence-electron chi connectivity index (χ4n) is 2.48. The summed E-state index contributed by atoms with van der Waals surface area (Å²) in [4.78, 5) is 0. The average Bonchev–Trinajstić information content (AvgIpc) is 2.89. The van der Waals surface area contributed by atoms with E-state index in [4.69, 9.17) is 0 Å². The molecule has 90 valence electrons. The Bertz CT molecular complexity index is 300. The van der Waals surface area contributed by atoms with E-state index in [2.05, 4.69) is 23.5 Å². The molecule has 0 spiro atoms. The Labute approximate surface area is 98.2 Å². The van der Waals surface area contributed by atoms with Crippen molar-refractivity contribution in [2.75, 3.05) is 13.1 Å². The zero-order valence-corrected chi connectivity index (χ0v) is 10.3. The summed E-state index contributed by atoms with van der Waals surface area (Å²) in [5, 5.41) is 7.84.